The van der Waals surface area contributed by atoms with Crippen LogP contribution in [0.5, 0.6) is 0 Å². The van der Waals surface area contributed by atoms with Gasteiger partial charge in [-0.15, -0.1) is 0 Å². The van der Waals surface area contributed by atoms with E-state index in [0.29, 0.717) is 5.91 Å². The molecule has 1 aromatic carbocycles. The summed E-state index contributed by atoms with van der Waals surface area (Å²) >= 11 is 0. The van der Waals surface area contributed by atoms with Gasteiger partial charge in [0.2, 0.25) is 5.91 Å². The summed E-state index contributed by atoms with van der Waals surface area (Å²) in [6.45, 7) is 13.2. The number of likely N-dealkylation sites (tertiary alicyclic amines) is 1. The van der Waals surface area contributed by atoms with Crippen molar-refractivity contribution in [1.82, 2.24) is 19.4 Å². The quantitative estimate of drug-likeness (QED) is 0.681. The number of aryl methyl sites for hydroxylation is 1. The number of hydrogen-bond donors (Lipinski definition) is 0. The molecule has 0 N–H and O–H groups in total. The predicted molar refractivity (Wildman–Crippen MR) is 115 cm³/mol. The summed E-state index contributed by atoms with van der Waals surface area (Å²) in [6.07, 6.45) is 4.30. The zero-order valence-electron chi connectivity index (χ0n) is 18.0. The van der Waals surface area contributed by atoms with Crippen molar-refractivity contribution < 1.29 is 4.79 Å². The number of aromatic nitrogens is 2. The monoisotopic (exact) mass is 384 g/mol. The third-order valence-electron chi connectivity index (χ3n) is 5.93. The Labute approximate surface area is 169 Å². The molecule has 154 valence electrons. The topological polar surface area (TPSA) is 41.4 Å². The van der Waals surface area contributed by atoms with Crippen molar-refractivity contribution in [2.45, 2.75) is 72.5 Å². The summed E-state index contributed by atoms with van der Waals surface area (Å²) in [4.78, 5) is 22.6. The van der Waals surface area contributed by atoms with Crippen LogP contribution in [0, 0.1) is 5.92 Å². The Morgan fingerprint density at radius 1 is 1.29 bits per heavy atom. The summed E-state index contributed by atoms with van der Waals surface area (Å²) in [7, 11) is 0. The molecular formula is C23H36N4O. The Bertz CT molecular complexity index is 782. The van der Waals surface area contributed by atoms with E-state index in [1.54, 1.807) is 0 Å². The van der Waals surface area contributed by atoms with Crippen molar-refractivity contribution in [3.63, 3.8) is 0 Å². The number of benzene rings is 1. The maximum atomic E-state index is 13.2. The van der Waals surface area contributed by atoms with Gasteiger partial charge in [-0.2, -0.15) is 0 Å². The average molecular weight is 385 g/mol. The van der Waals surface area contributed by atoms with Crippen molar-refractivity contribution in [2.24, 2.45) is 5.92 Å². The van der Waals surface area contributed by atoms with E-state index in [-0.39, 0.29) is 12.0 Å². The molecule has 0 radical (unpaired) electrons. The van der Waals surface area contributed by atoms with Crippen LogP contribution >= 0.6 is 0 Å². The van der Waals surface area contributed by atoms with Gasteiger partial charge in [0, 0.05) is 25.7 Å². The summed E-state index contributed by atoms with van der Waals surface area (Å²) in [6, 6.07) is 8.63. The maximum Gasteiger partial charge on any atom is 0.227 e. The van der Waals surface area contributed by atoms with E-state index in [9.17, 15) is 4.79 Å². The highest BCUT2D eigenvalue weighted by Gasteiger charge is 2.30. The third kappa shape index (κ3) is 4.57. The van der Waals surface area contributed by atoms with Gasteiger partial charge in [0.15, 0.2) is 0 Å². The van der Waals surface area contributed by atoms with E-state index in [2.05, 4.69) is 60.3 Å². The molecule has 0 unspecified atom stereocenters. The number of rotatable bonds is 8. The molecule has 1 atom stereocenters. The Morgan fingerprint density at radius 3 is 2.79 bits per heavy atom. The van der Waals surface area contributed by atoms with E-state index in [0.717, 1.165) is 69.7 Å². The lowest BCUT2D eigenvalue weighted by Gasteiger charge is -2.36. The van der Waals surface area contributed by atoms with E-state index in [1.807, 2.05) is 6.07 Å². The van der Waals surface area contributed by atoms with Crippen LogP contribution < -0.4 is 0 Å². The second-order valence-electron chi connectivity index (χ2n) is 8.31. The first-order valence-electron chi connectivity index (χ1n) is 11.0. The normalized spacial score (nSPS) is 18.1. The summed E-state index contributed by atoms with van der Waals surface area (Å²) in [5.74, 6) is 1.58. The van der Waals surface area contributed by atoms with Crippen molar-refractivity contribution in [2.75, 3.05) is 19.6 Å². The van der Waals surface area contributed by atoms with E-state index in [4.69, 9.17) is 4.98 Å². The number of para-hydroxylation sites is 2. The standard InChI is InChI=1S/C23H36N4O/c1-5-7-15-27(18(3)4)23(28)19-11-10-14-25(16-19)17-22-24-20-12-8-9-13-21(20)26(22)6-2/h8-9,12-13,18-19H,5-7,10-11,14-17H2,1-4H3/t19-/m1/s1. The molecule has 1 aromatic heterocycles. The highest BCUT2D eigenvalue weighted by atomic mass is 16.2. The van der Waals surface area contributed by atoms with Crippen LogP contribution in [0.25, 0.3) is 11.0 Å². The highest BCUT2D eigenvalue weighted by Crippen LogP contribution is 2.23. The smallest absolute Gasteiger partial charge is 0.227 e. The van der Waals surface area contributed by atoms with E-state index >= 15 is 0 Å². The number of unbranched alkanes of at least 4 members (excludes halogenated alkanes) is 1. The van der Waals surface area contributed by atoms with Crippen LogP contribution in [0.2, 0.25) is 0 Å². The van der Waals surface area contributed by atoms with Gasteiger partial charge < -0.3 is 9.47 Å². The van der Waals surface area contributed by atoms with Crippen LogP contribution in [0.4, 0.5) is 0 Å². The van der Waals surface area contributed by atoms with Gasteiger partial charge in [-0.05, 0) is 58.7 Å². The van der Waals surface area contributed by atoms with Crippen LogP contribution in [0.1, 0.15) is 59.2 Å². The minimum Gasteiger partial charge on any atom is -0.340 e. The van der Waals surface area contributed by atoms with E-state index in [1.165, 1.54) is 5.52 Å². The number of carbonyl (C=O) groups is 1. The molecule has 1 amide bonds. The van der Waals surface area contributed by atoms with Gasteiger partial charge in [0.1, 0.15) is 5.82 Å². The molecule has 1 fully saturated rings. The maximum absolute atomic E-state index is 13.2. The van der Waals surface area contributed by atoms with Crippen LogP contribution in [0.3, 0.4) is 0 Å². The molecule has 1 saturated heterocycles. The second kappa shape index (κ2) is 9.55. The minimum atomic E-state index is 0.118. The molecule has 0 aliphatic carbocycles. The van der Waals surface area contributed by atoms with Crippen molar-refractivity contribution >= 4 is 16.9 Å². The summed E-state index contributed by atoms with van der Waals surface area (Å²) in [5, 5.41) is 0. The molecule has 1 aliphatic rings. The summed E-state index contributed by atoms with van der Waals surface area (Å²) < 4.78 is 2.31. The van der Waals surface area contributed by atoms with Crippen LogP contribution in [-0.2, 0) is 17.9 Å². The van der Waals surface area contributed by atoms with Gasteiger partial charge in [-0.25, -0.2) is 4.98 Å². The first-order valence-corrected chi connectivity index (χ1v) is 11.0. The molecule has 2 heterocycles. The van der Waals surface area contributed by atoms with Crippen molar-refractivity contribution in [1.29, 1.82) is 0 Å². The van der Waals surface area contributed by atoms with E-state index < -0.39 is 0 Å². The Hall–Kier alpha value is -1.88. The Morgan fingerprint density at radius 2 is 2.07 bits per heavy atom. The zero-order chi connectivity index (χ0) is 20.1. The molecule has 28 heavy (non-hydrogen) atoms. The number of hydrogen-bond acceptors (Lipinski definition) is 3. The van der Waals surface area contributed by atoms with Crippen molar-refractivity contribution in [3.05, 3.63) is 30.1 Å². The van der Waals surface area contributed by atoms with Gasteiger partial charge in [-0.1, -0.05) is 25.5 Å². The Kier molecular flexibility index (Phi) is 7.11. The minimum absolute atomic E-state index is 0.118. The van der Waals surface area contributed by atoms with Gasteiger partial charge in [0.25, 0.3) is 0 Å². The fourth-order valence-corrected chi connectivity index (χ4v) is 4.39. The molecular weight excluding hydrogens is 348 g/mol. The number of piperidine rings is 1. The number of fused-ring (bicyclic) bond motifs is 1. The van der Waals surface area contributed by atoms with Crippen LogP contribution in [-0.4, -0.2) is 50.9 Å². The first-order chi connectivity index (χ1) is 13.5. The van der Waals surface area contributed by atoms with Crippen LogP contribution in [0.15, 0.2) is 24.3 Å². The molecule has 0 saturated carbocycles. The Balaban J connectivity index is 1.70. The first kappa shape index (κ1) is 20.8. The van der Waals surface area contributed by atoms with Gasteiger partial charge in [0.05, 0.1) is 23.5 Å². The molecule has 2 aromatic rings. The molecule has 3 rings (SSSR count). The van der Waals surface area contributed by atoms with Crippen molar-refractivity contribution in [3.8, 4) is 0 Å². The zero-order valence-corrected chi connectivity index (χ0v) is 18.0. The lowest BCUT2D eigenvalue weighted by atomic mass is 9.95. The largest absolute Gasteiger partial charge is 0.340 e. The fraction of sp³-hybridized carbons (Fsp3) is 0.652. The molecule has 5 nitrogen and oxygen atoms in total. The number of carbonyl (C=O) groups excluding carboxylic acids is 1. The SMILES string of the molecule is CCCCN(C(=O)[C@@H]1CCCN(Cc2nc3ccccc3n2CC)C1)C(C)C. The number of nitrogens with zero attached hydrogens (tertiary/aromatic N) is 4. The molecule has 1 aliphatic heterocycles. The lowest BCUT2D eigenvalue weighted by Crippen LogP contribution is -2.47. The number of amides is 1. The van der Waals surface area contributed by atoms with Gasteiger partial charge in [-0.3, -0.25) is 9.69 Å². The predicted octanol–water partition coefficient (Wildman–Crippen LogP) is 4.31. The molecule has 0 bridgehead atoms. The number of imidazole rings is 1. The summed E-state index contributed by atoms with van der Waals surface area (Å²) in [5.41, 5.74) is 2.27. The highest BCUT2D eigenvalue weighted by molar-refractivity contribution is 5.79. The molecule has 0 spiro atoms. The fourth-order valence-electron chi connectivity index (χ4n) is 4.39. The third-order valence-corrected chi connectivity index (χ3v) is 5.93. The van der Waals surface area contributed by atoms with Gasteiger partial charge >= 0.3 is 0 Å². The second-order valence-corrected chi connectivity index (χ2v) is 8.31. The average Bonchev–Trinajstić information content (AvgIpc) is 3.05. The molecule has 5 heteroatoms. The lowest BCUT2D eigenvalue weighted by molar-refractivity contribution is -0.139.